The molecule has 0 saturated heterocycles. The normalized spacial score (nSPS) is 10.0. The first-order valence-corrected chi connectivity index (χ1v) is 5.85. The Balaban J connectivity index is 2.20. The zero-order valence-electron chi connectivity index (χ0n) is 10.2. The van der Waals surface area contributed by atoms with E-state index in [9.17, 15) is 4.79 Å². The third-order valence-electron chi connectivity index (χ3n) is 2.40. The molecule has 98 valence electrons. The van der Waals surface area contributed by atoms with Crippen molar-refractivity contribution in [3.63, 3.8) is 0 Å². The standard InChI is InChI=1S/C13H12ClN3O2/c1-19-10-4-2-3-9(7-10)16-13(18)8-5-11(14)17-12(15)6-8/h2-7H,1H3,(H2,15,17)(H,16,18). The topological polar surface area (TPSA) is 77.2 Å². The molecule has 2 rings (SSSR count). The van der Waals surface area contributed by atoms with Crippen molar-refractivity contribution in [2.24, 2.45) is 0 Å². The number of nitrogen functional groups attached to an aromatic ring is 1. The maximum absolute atomic E-state index is 12.0. The fourth-order valence-corrected chi connectivity index (χ4v) is 1.77. The van der Waals surface area contributed by atoms with Gasteiger partial charge in [-0.3, -0.25) is 4.79 Å². The van der Waals surface area contributed by atoms with Crippen LogP contribution in [0.15, 0.2) is 36.4 Å². The van der Waals surface area contributed by atoms with Gasteiger partial charge in [0.1, 0.15) is 16.7 Å². The van der Waals surface area contributed by atoms with E-state index >= 15 is 0 Å². The van der Waals surface area contributed by atoms with Gasteiger partial charge in [-0.1, -0.05) is 17.7 Å². The predicted octanol–water partition coefficient (Wildman–Crippen LogP) is 2.58. The van der Waals surface area contributed by atoms with Crippen LogP contribution in [0.2, 0.25) is 5.15 Å². The molecule has 0 saturated carbocycles. The van der Waals surface area contributed by atoms with Crippen LogP contribution < -0.4 is 15.8 Å². The molecule has 0 bridgehead atoms. The minimum Gasteiger partial charge on any atom is -0.497 e. The quantitative estimate of drug-likeness (QED) is 0.846. The minimum absolute atomic E-state index is 0.177. The van der Waals surface area contributed by atoms with Gasteiger partial charge >= 0.3 is 0 Å². The second-order valence-electron chi connectivity index (χ2n) is 3.79. The highest BCUT2D eigenvalue weighted by Gasteiger charge is 2.09. The van der Waals surface area contributed by atoms with Gasteiger partial charge in [0.25, 0.3) is 5.91 Å². The lowest BCUT2D eigenvalue weighted by atomic mass is 10.2. The molecule has 0 radical (unpaired) electrons. The van der Waals surface area contributed by atoms with E-state index in [0.29, 0.717) is 17.0 Å². The Kier molecular flexibility index (Phi) is 3.87. The van der Waals surface area contributed by atoms with Crippen molar-refractivity contribution < 1.29 is 9.53 Å². The van der Waals surface area contributed by atoms with Crippen molar-refractivity contribution in [3.05, 3.63) is 47.1 Å². The maximum Gasteiger partial charge on any atom is 0.255 e. The fourth-order valence-electron chi connectivity index (χ4n) is 1.55. The third-order valence-corrected chi connectivity index (χ3v) is 2.60. The van der Waals surface area contributed by atoms with Gasteiger partial charge in [0, 0.05) is 17.3 Å². The molecule has 1 amide bonds. The number of benzene rings is 1. The SMILES string of the molecule is COc1cccc(NC(=O)c2cc(N)nc(Cl)c2)c1. The van der Waals surface area contributed by atoms with Gasteiger partial charge in [-0.05, 0) is 24.3 Å². The number of pyridine rings is 1. The summed E-state index contributed by atoms with van der Waals surface area (Å²) in [5.41, 5.74) is 6.51. The number of halogens is 1. The van der Waals surface area contributed by atoms with Crippen LogP contribution in [0, 0.1) is 0 Å². The molecule has 0 fully saturated rings. The first-order chi connectivity index (χ1) is 9.08. The molecule has 0 atom stereocenters. The van der Waals surface area contributed by atoms with Crippen molar-refractivity contribution in [3.8, 4) is 5.75 Å². The molecular weight excluding hydrogens is 266 g/mol. The number of amides is 1. The number of nitrogens with two attached hydrogens (primary N) is 1. The first kappa shape index (κ1) is 13.2. The Labute approximate surface area is 115 Å². The third kappa shape index (κ3) is 3.35. The zero-order chi connectivity index (χ0) is 13.8. The number of nitrogens with one attached hydrogen (secondary N) is 1. The van der Waals surface area contributed by atoms with Gasteiger partial charge in [-0.15, -0.1) is 0 Å². The lowest BCUT2D eigenvalue weighted by molar-refractivity contribution is 0.102. The van der Waals surface area contributed by atoms with E-state index in [1.807, 2.05) is 0 Å². The highest BCUT2D eigenvalue weighted by molar-refractivity contribution is 6.30. The molecule has 2 aromatic rings. The van der Waals surface area contributed by atoms with E-state index in [0.717, 1.165) is 0 Å². The zero-order valence-corrected chi connectivity index (χ0v) is 10.9. The summed E-state index contributed by atoms with van der Waals surface area (Å²) in [6.07, 6.45) is 0. The van der Waals surface area contributed by atoms with Crippen molar-refractivity contribution in [1.82, 2.24) is 4.98 Å². The van der Waals surface area contributed by atoms with Crippen LogP contribution in [0.1, 0.15) is 10.4 Å². The van der Waals surface area contributed by atoms with Gasteiger partial charge in [0.15, 0.2) is 0 Å². The highest BCUT2D eigenvalue weighted by Crippen LogP contribution is 2.18. The number of rotatable bonds is 3. The molecule has 0 unspecified atom stereocenters. The first-order valence-electron chi connectivity index (χ1n) is 5.47. The number of aromatic nitrogens is 1. The molecule has 0 spiro atoms. The van der Waals surface area contributed by atoms with E-state index < -0.39 is 0 Å². The molecule has 0 aliphatic carbocycles. The fraction of sp³-hybridized carbons (Fsp3) is 0.0769. The smallest absolute Gasteiger partial charge is 0.255 e. The second-order valence-corrected chi connectivity index (χ2v) is 4.18. The van der Waals surface area contributed by atoms with E-state index in [4.69, 9.17) is 22.1 Å². The van der Waals surface area contributed by atoms with E-state index in [2.05, 4.69) is 10.3 Å². The average molecular weight is 278 g/mol. The van der Waals surface area contributed by atoms with Gasteiger partial charge in [0.2, 0.25) is 0 Å². The molecule has 1 heterocycles. The molecule has 0 aliphatic heterocycles. The molecule has 0 aliphatic rings. The summed E-state index contributed by atoms with van der Waals surface area (Å²) in [6, 6.07) is 9.95. The van der Waals surface area contributed by atoms with Crippen LogP contribution in [-0.2, 0) is 0 Å². The minimum atomic E-state index is -0.316. The Morgan fingerprint density at radius 1 is 1.37 bits per heavy atom. The summed E-state index contributed by atoms with van der Waals surface area (Å²) in [5, 5.41) is 2.90. The van der Waals surface area contributed by atoms with Crippen molar-refractivity contribution in [1.29, 1.82) is 0 Å². The van der Waals surface area contributed by atoms with Crippen molar-refractivity contribution in [2.75, 3.05) is 18.2 Å². The van der Waals surface area contributed by atoms with Crippen LogP contribution in [0.5, 0.6) is 5.75 Å². The number of hydrogen-bond acceptors (Lipinski definition) is 4. The van der Waals surface area contributed by atoms with Gasteiger partial charge < -0.3 is 15.8 Å². The number of carbonyl (C=O) groups excluding carboxylic acids is 1. The van der Waals surface area contributed by atoms with Crippen LogP contribution in [0.3, 0.4) is 0 Å². The number of ether oxygens (including phenoxy) is 1. The summed E-state index contributed by atoms with van der Waals surface area (Å²) in [4.78, 5) is 15.8. The van der Waals surface area contributed by atoms with Crippen LogP contribution in [-0.4, -0.2) is 18.0 Å². The summed E-state index contributed by atoms with van der Waals surface area (Å²) < 4.78 is 5.08. The largest absolute Gasteiger partial charge is 0.497 e. The Morgan fingerprint density at radius 3 is 2.84 bits per heavy atom. The lowest BCUT2D eigenvalue weighted by Crippen LogP contribution is -2.12. The lowest BCUT2D eigenvalue weighted by Gasteiger charge is -2.07. The summed E-state index contributed by atoms with van der Waals surface area (Å²) in [5.74, 6) is 0.539. The molecule has 6 heteroatoms. The van der Waals surface area contributed by atoms with E-state index in [1.54, 1.807) is 31.4 Å². The Morgan fingerprint density at radius 2 is 2.16 bits per heavy atom. The molecule has 1 aromatic heterocycles. The Hall–Kier alpha value is -2.27. The van der Waals surface area contributed by atoms with Crippen molar-refractivity contribution in [2.45, 2.75) is 0 Å². The number of carbonyl (C=O) groups is 1. The van der Waals surface area contributed by atoms with Gasteiger partial charge in [-0.2, -0.15) is 0 Å². The molecule has 5 nitrogen and oxygen atoms in total. The van der Waals surface area contributed by atoms with Gasteiger partial charge in [-0.25, -0.2) is 4.98 Å². The summed E-state index contributed by atoms with van der Waals surface area (Å²) >= 11 is 5.75. The van der Waals surface area contributed by atoms with Crippen LogP contribution in [0.25, 0.3) is 0 Å². The average Bonchev–Trinajstić information content (AvgIpc) is 2.37. The number of hydrogen-bond donors (Lipinski definition) is 2. The van der Waals surface area contributed by atoms with Crippen LogP contribution >= 0.6 is 11.6 Å². The van der Waals surface area contributed by atoms with E-state index in [1.165, 1.54) is 12.1 Å². The molecular formula is C13H12ClN3O2. The molecule has 19 heavy (non-hydrogen) atoms. The predicted molar refractivity (Wildman–Crippen MR) is 74.6 cm³/mol. The second kappa shape index (κ2) is 5.58. The van der Waals surface area contributed by atoms with Crippen LogP contribution in [0.4, 0.5) is 11.5 Å². The monoisotopic (exact) mass is 277 g/mol. The number of anilines is 2. The number of nitrogens with zero attached hydrogens (tertiary/aromatic N) is 1. The maximum atomic E-state index is 12.0. The summed E-state index contributed by atoms with van der Waals surface area (Å²) in [6.45, 7) is 0. The number of methoxy groups -OCH3 is 1. The Bertz CT molecular complexity index is 596. The van der Waals surface area contributed by atoms with Gasteiger partial charge in [0.05, 0.1) is 7.11 Å². The summed E-state index contributed by atoms with van der Waals surface area (Å²) in [7, 11) is 1.56. The highest BCUT2D eigenvalue weighted by atomic mass is 35.5. The van der Waals surface area contributed by atoms with E-state index in [-0.39, 0.29) is 16.9 Å². The van der Waals surface area contributed by atoms with Crippen molar-refractivity contribution >= 4 is 29.0 Å². The molecule has 3 N–H and O–H groups in total. The molecule has 1 aromatic carbocycles.